The van der Waals surface area contributed by atoms with E-state index in [1.807, 2.05) is 6.92 Å². The number of carboxylic acids is 1. The lowest BCUT2D eigenvalue weighted by Gasteiger charge is -2.69. The molecule has 0 aromatic carbocycles. The third-order valence-electron chi connectivity index (χ3n) is 13.8. The predicted molar refractivity (Wildman–Crippen MR) is 143 cm³/mol. The quantitative estimate of drug-likeness (QED) is 0.446. The molecule has 220 valence electrons. The first kappa shape index (κ1) is 28.2. The maximum atomic E-state index is 14.2. The fraction of sp³-hybridized carbons (Fsp3) is 0.844. The normalized spacial score (nSPS) is 46.0. The van der Waals surface area contributed by atoms with Crippen molar-refractivity contribution in [3.63, 3.8) is 0 Å². The molecule has 0 aliphatic heterocycles. The van der Waals surface area contributed by atoms with Gasteiger partial charge in [0.25, 0.3) is 0 Å². The van der Waals surface area contributed by atoms with Crippen molar-refractivity contribution in [2.75, 3.05) is 0 Å². The largest absolute Gasteiger partial charge is 0.481 e. The smallest absolute Gasteiger partial charge is 0.303 e. The summed E-state index contributed by atoms with van der Waals surface area (Å²) in [7, 11) is 0. The van der Waals surface area contributed by atoms with Crippen molar-refractivity contribution in [3.8, 4) is 0 Å². The maximum absolute atomic E-state index is 14.2. The van der Waals surface area contributed by atoms with Gasteiger partial charge in [-0.3, -0.25) is 24.0 Å². The highest BCUT2D eigenvalue weighted by atomic mass is 16.4. The van der Waals surface area contributed by atoms with Gasteiger partial charge >= 0.3 is 5.97 Å². The van der Waals surface area contributed by atoms with E-state index >= 15 is 0 Å². The summed E-state index contributed by atoms with van der Waals surface area (Å²) >= 11 is 0. The van der Waals surface area contributed by atoms with Gasteiger partial charge in [-0.1, -0.05) is 20.8 Å². The molecule has 0 heterocycles. The number of hydrogen-bond acceptors (Lipinski definition) is 7. The lowest BCUT2D eigenvalue weighted by atomic mass is 9.32. The molecule has 0 radical (unpaired) electrons. The van der Waals surface area contributed by atoms with E-state index in [0.29, 0.717) is 25.2 Å². The van der Waals surface area contributed by atoms with E-state index in [-0.39, 0.29) is 85.1 Å². The summed E-state index contributed by atoms with van der Waals surface area (Å²) in [4.78, 5) is 67.2. The van der Waals surface area contributed by atoms with Crippen LogP contribution in [0, 0.1) is 57.2 Å². The molecule has 6 aliphatic carbocycles. The number of rotatable bonds is 4. The minimum Gasteiger partial charge on any atom is -0.481 e. The Morgan fingerprint density at radius 3 is 2.08 bits per heavy atom. The van der Waals surface area contributed by atoms with Gasteiger partial charge in [-0.25, -0.2) is 0 Å². The fourth-order valence-corrected chi connectivity index (χ4v) is 12.4. The summed E-state index contributed by atoms with van der Waals surface area (Å²) in [6.45, 7) is 6.37. The van der Waals surface area contributed by atoms with Crippen LogP contribution in [0.15, 0.2) is 0 Å². The fourth-order valence-electron chi connectivity index (χ4n) is 12.4. The highest BCUT2D eigenvalue weighted by Crippen LogP contribution is 2.77. The van der Waals surface area contributed by atoms with Crippen LogP contribution >= 0.6 is 0 Å². The predicted octanol–water partition coefficient (Wildman–Crippen LogP) is 3.53. The van der Waals surface area contributed by atoms with Crippen LogP contribution in [0.4, 0.5) is 0 Å². The summed E-state index contributed by atoms with van der Waals surface area (Å²) in [5, 5.41) is 32.6. The second-order valence-electron chi connectivity index (χ2n) is 14.7. The van der Waals surface area contributed by atoms with Crippen molar-refractivity contribution in [2.45, 2.75) is 110 Å². The van der Waals surface area contributed by atoms with Gasteiger partial charge in [-0.15, -0.1) is 0 Å². The van der Waals surface area contributed by atoms with Crippen LogP contribution in [-0.4, -0.2) is 56.6 Å². The molecule has 10 atom stereocenters. The first-order chi connectivity index (χ1) is 18.8. The van der Waals surface area contributed by atoms with E-state index in [1.54, 1.807) is 0 Å². The summed E-state index contributed by atoms with van der Waals surface area (Å²) in [5.41, 5.74) is -4.98. The Morgan fingerprint density at radius 2 is 1.48 bits per heavy atom. The number of carbonyl (C=O) groups excluding carboxylic acids is 4. The van der Waals surface area contributed by atoms with Crippen LogP contribution in [0.2, 0.25) is 0 Å². The Hall–Kier alpha value is -1.93. The average molecular weight is 557 g/mol. The van der Waals surface area contributed by atoms with Gasteiger partial charge in [0.15, 0.2) is 11.6 Å². The number of ketones is 4. The van der Waals surface area contributed by atoms with Crippen LogP contribution in [0.1, 0.15) is 97.8 Å². The number of aliphatic carboxylic acids is 1. The zero-order chi connectivity index (χ0) is 29.0. The summed E-state index contributed by atoms with van der Waals surface area (Å²) < 4.78 is 0. The zero-order valence-corrected chi connectivity index (χ0v) is 24.0. The molecule has 0 bridgehead atoms. The second kappa shape index (κ2) is 9.03. The maximum Gasteiger partial charge on any atom is 0.303 e. The Bertz CT molecular complexity index is 1140. The monoisotopic (exact) mass is 556 g/mol. The second-order valence-corrected chi connectivity index (χ2v) is 14.7. The van der Waals surface area contributed by atoms with Crippen LogP contribution < -0.4 is 0 Å². The van der Waals surface area contributed by atoms with Gasteiger partial charge in [-0.05, 0) is 91.3 Å². The Kier molecular flexibility index (Phi) is 6.37. The lowest BCUT2D eigenvalue weighted by Crippen LogP contribution is -2.76. The molecular formula is C32H44O8. The lowest BCUT2D eigenvalue weighted by molar-refractivity contribution is -0.249. The number of carbonyl (C=O) groups is 5. The number of Topliss-reactive ketones (excluding diaryl/α,β-unsaturated/α-hetero) is 4. The van der Waals surface area contributed by atoms with Crippen molar-refractivity contribution in [3.05, 3.63) is 0 Å². The molecule has 6 fully saturated rings. The molecular weight excluding hydrogens is 512 g/mol. The number of fused-ring (bicyclic) bond motifs is 7. The first-order valence-corrected chi connectivity index (χ1v) is 15.5. The van der Waals surface area contributed by atoms with Crippen LogP contribution in [0.25, 0.3) is 0 Å². The minimum absolute atomic E-state index is 0.0135. The topological polar surface area (TPSA) is 146 Å². The molecule has 0 aromatic heterocycles. The van der Waals surface area contributed by atoms with Gasteiger partial charge in [0.2, 0.25) is 0 Å². The van der Waals surface area contributed by atoms with Crippen LogP contribution in [-0.2, 0) is 24.0 Å². The van der Waals surface area contributed by atoms with Gasteiger partial charge < -0.3 is 15.3 Å². The Balaban J connectivity index is 1.46. The van der Waals surface area contributed by atoms with Crippen molar-refractivity contribution in [1.82, 2.24) is 0 Å². The van der Waals surface area contributed by atoms with E-state index in [4.69, 9.17) is 0 Å². The average Bonchev–Trinajstić information content (AvgIpc) is 3.50. The van der Waals surface area contributed by atoms with E-state index < -0.39 is 46.0 Å². The van der Waals surface area contributed by atoms with Crippen molar-refractivity contribution in [1.29, 1.82) is 0 Å². The van der Waals surface area contributed by atoms with Crippen molar-refractivity contribution >= 4 is 29.1 Å². The zero-order valence-electron chi connectivity index (χ0n) is 24.0. The number of carboxylic acid groups (broad SMARTS) is 1. The SMILES string of the molecule is C[C@H](CCC(=O)O)[C@H]1CC[C@H]2[C@@H]3[C@@H](O)CC4C[C@@H](O)C5(C(=O)CCC5=O)C5(C(=O)CCC5=O)[C@]4(C)[C@H]3CC[C@]12C. The van der Waals surface area contributed by atoms with E-state index in [0.717, 1.165) is 19.3 Å². The van der Waals surface area contributed by atoms with E-state index in [1.165, 1.54) is 0 Å². The van der Waals surface area contributed by atoms with Crippen molar-refractivity contribution in [2.24, 2.45) is 57.2 Å². The summed E-state index contributed by atoms with van der Waals surface area (Å²) in [5.74, 6) is -2.52. The Morgan fingerprint density at radius 1 is 0.875 bits per heavy atom. The summed E-state index contributed by atoms with van der Waals surface area (Å²) in [6, 6.07) is 0. The van der Waals surface area contributed by atoms with Gasteiger partial charge in [0.05, 0.1) is 12.2 Å². The molecule has 0 saturated heterocycles. The molecule has 1 unspecified atom stereocenters. The standard InChI is InChI=1S/C32H44O8/c1-16(4-11-27(39)40)18-5-6-19-28-20(12-13-29(18,19)2)30(3)17(14-21(28)33)15-26(38)31(22(34)7-8-23(31)35)32(30)24(36)9-10-25(32)37/h16-21,26,28,33,38H,4-15H2,1-3H3,(H,39,40)/t16-,17?,18-,19+,20+,21+,26-,28+,29-,30+/m1/s1. The first-order valence-electron chi connectivity index (χ1n) is 15.5. The number of hydrogen-bond donors (Lipinski definition) is 3. The van der Waals surface area contributed by atoms with Gasteiger partial charge in [-0.2, -0.15) is 0 Å². The Labute approximate surface area is 235 Å². The van der Waals surface area contributed by atoms with E-state index in [2.05, 4.69) is 13.8 Å². The minimum atomic E-state index is -2.00. The summed E-state index contributed by atoms with van der Waals surface area (Å²) in [6.07, 6.45) is 2.34. The number of aliphatic hydroxyl groups excluding tert-OH is 2. The highest BCUT2D eigenvalue weighted by Gasteiger charge is 2.84. The molecule has 0 amide bonds. The third-order valence-corrected chi connectivity index (χ3v) is 13.8. The molecule has 40 heavy (non-hydrogen) atoms. The molecule has 6 aliphatic rings. The van der Waals surface area contributed by atoms with Crippen molar-refractivity contribution < 1.29 is 39.3 Å². The van der Waals surface area contributed by atoms with E-state index in [9.17, 15) is 39.3 Å². The molecule has 0 aromatic rings. The highest BCUT2D eigenvalue weighted by molar-refractivity contribution is 6.27. The van der Waals surface area contributed by atoms with Gasteiger partial charge in [0, 0.05) is 32.1 Å². The molecule has 8 heteroatoms. The van der Waals surface area contributed by atoms with Crippen LogP contribution in [0.5, 0.6) is 0 Å². The molecule has 8 nitrogen and oxygen atoms in total. The van der Waals surface area contributed by atoms with Gasteiger partial charge in [0.1, 0.15) is 22.4 Å². The molecule has 3 N–H and O–H groups in total. The molecule has 6 rings (SSSR count). The third kappa shape index (κ3) is 3.08. The molecule has 2 spiro atoms. The van der Waals surface area contributed by atoms with Crippen LogP contribution in [0.3, 0.4) is 0 Å². The number of aliphatic hydroxyl groups is 2. The molecule has 6 saturated carbocycles.